The Morgan fingerprint density at radius 1 is 1.29 bits per heavy atom. The van der Waals surface area contributed by atoms with Crippen LogP contribution in [0.2, 0.25) is 0 Å². The normalized spacial score (nSPS) is 10.4. The van der Waals surface area contributed by atoms with Gasteiger partial charge >= 0.3 is 0 Å². The fourth-order valence-corrected chi connectivity index (χ4v) is 3.35. The maximum Gasteiger partial charge on any atom is 0.269 e. The van der Waals surface area contributed by atoms with Gasteiger partial charge in [0.05, 0.1) is 13.9 Å². The lowest BCUT2D eigenvalue weighted by molar-refractivity contribution is -0.384. The summed E-state index contributed by atoms with van der Waals surface area (Å²) in [6.07, 6.45) is 0.635. The van der Waals surface area contributed by atoms with E-state index in [-0.39, 0.29) is 11.4 Å². The van der Waals surface area contributed by atoms with Crippen LogP contribution < -0.4 is 4.74 Å². The predicted octanol–water partition coefficient (Wildman–Crippen LogP) is 5.18. The molecule has 7 heteroatoms. The standard InChI is InChI=1S/C14H11Br2NO4/c1-2-10-12(18)7-11(15)14(13(10)16)21-9-5-3-8(4-6-9)17(19)20/h3-7,18H,2H2,1H3. The van der Waals surface area contributed by atoms with Crippen LogP contribution in [0, 0.1) is 10.1 Å². The Balaban J connectivity index is 2.37. The molecule has 1 N–H and O–H groups in total. The van der Waals surface area contributed by atoms with Crippen LogP contribution in [0.3, 0.4) is 0 Å². The maximum atomic E-state index is 10.6. The number of benzene rings is 2. The van der Waals surface area contributed by atoms with Crippen molar-refractivity contribution in [3.63, 3.8) is 0 Å². The summed E-state index contributed by atoms with van der Waals surface area (Å²) in [4.78, 5) is 10.2. The Bertz CT molecular complexity index is 686. The van der Waals surface area contributed by atoms with Gasteiger partial charge in [0, 0.05) is 17.7 Å². The van der Waals surface area contributed by atoms with Crippen molar-refractivity contribution >= 4 is 37.5 Å². The van der Waals surface area contributed by atoms with Gasteiger partial charge in [0.25, 0.3) is 5.69 Å². The topological polar surface area (TPSA) is 72.6 Å². The van der Waals surface area contributed by atoms with E-state index >= 15 is 0 Å². The van der Waals surface area contributed by atoms with E-state index in [1.54, 1.807) is 6.07 Å². The molecule has 2 aromatic carbocycles. The van der Waals surface area contributed by atoms with E-state index in [9.17, 15) is 15.2 Å². The van der Waals surface area contributed by atoms with E-state index in [1.165, 1.54) is 24.3 Å². The number of aromatic hydroxyl groups is 1. The molecule has 0 aliphatic carbocycles. The third kappa shape index (κ3) is 3.36. The quantitative estimate of drug-likeness (QED) is 0.550. The van der Waals surface area contributed by atoms with Crippen molar-refractivity contribution in [1.29, 1.82) is 0 Å². The summed E-state index contributed by atoms with van der Waals surface area (Å²) in [5.74, 6) is 1.15. The van der Waals surface area contributed by atoms with Crippen LogP contribution >= 0.6 is 31.9 Å². The summed E-state index contributed by atoms with van der Waals surface area (Å²) in [5.41, 5.74) is 0.732. The Hall–Kier alpha value is -1.60. The van der Waals surface area contributed by atoms with Crippen molar-refractivity contribution in [3.8, 4) is 17.2 Å². The average Bonchev–Trinajstić information content (AvgIpc) is 2.44. The van der Waals surface area contributed by atoms with E-state index in [4.69, 9.17) is 4.74 Å². The molecule has 2 aromatic rings. The SMILES string of the molecule is CCc1c(O)cc(Br)c(Oc2ccc([N+](=O)[O-])cc2)c1Br. The third-order valence-corrected chi connectivity index (χ3v) is 4.30. The molecular weight excluding hydrogens is 406 g/mol. The maximum absolute atomic E-state index is 10.6. The molecule has 0 aliphatic rings. The minimum atomic E-state index is -0.467. The number of nitrogens with zero attached hydrogens (tertiary/aromatic N) is 1. The lowest BCUT2D eigenvalue weighted by Crippen LogP contribution is -1.93. The van der Waals surface area contributed by atoms with Gasteiger partial charge in [0.1, 0.15) is 11.5 Å². The summed E-state index contributed by atoms with van der Waals surface area (Å²) >= 11 is 6.75. The van der Waals surface area contributed by atoms with Crippen LogP contribution in [-0.4, -0.2) is 10.0 Å². The summed E-state index contributed by atoms with van der Waals surface area (Å²) < 4.78 is 6.98. The molecule has 0 saturated carbocycles. The van der Waals surface area contributed by atoms with E-state index in [1.807, 2.05) is 6.92 Å². The molecule has 0 aromatic heterocycles. The first-order chi connectivity index (χ1) is 9.93. The molecule has 0 heterocycles. The van der Waals surface area contributed by atoms with Gasteiger partial charge in [-0.3, -0.25) is 10.1 Å². The molecule has 0 bridgehead atoms. The van der Waals surface area contributed by atoms with Crippen LogP contribution in [0.1, 0.15) is 12.5 Å². The van der Waals surface area contributed by atoms with E-state index < -0.39 is 4.92 Å². The summed E-state index contributed by atoms with van der Waals surface area (Å²) in [6.45, 7) is 1.92. The zero-order chi connectivity index (χ0) is 15.6. The Labute approximate surface area is 138 Å². The largest absolute Gasteiger partial charge is 0.508 e. The number of phenolic OH excluding ortho intramolecular Hbond substituents is 1. The first-order valence-corrected chi connectivity index (χ1v) is 7.64. The van der Waals surface area contributed by atoms with Crippen LogP contribution in [0.25, 0.3) is 0 Å². The predicted molar refractivity (Wildman–Crippen MR) is 86.1 cm³/mol. The zero-order valence-electron chi connectivity index (χ0n) is 11.0. The van der Waals surface area contributed by atoms with Crippen molar-refractivity contribution < 1.29 is 14.8 Å². The fourth-order valence-electron chi connectivity index (χ4n) is 1.81. The van der Waals surface area contributed by atoms with Crippen LogP contribution in [-0.2, 0) is 6.42 Å². The molecule has 110 valence electrons. The Morgan fingerprint density at radius 2 is 1.90 bits per heavy atom. The van der Waals surface area contributed by atoms with Gasteiger partial charge in [-0.05, 0) is 56.5 Å². The van der Waals surface area contributed by atoms with Gasteiger partial charge in [0.2, 0.25) is 0 Å². The van der Waals surface area contributed by atoms with Crippen molar-refractivity contribution in [3.05, 3.63) is 55.0 Å². The van der Waals surface area contributed by atoms with Crippen LogP contribution in [0.15, 0.2) is 39.3 Å². The molecule has 0 saturated heterocycles. The van der Waals surface area contributed by atoms with Crippen molar-refractivity contribution in [2.75, 3.05) is 0 Å². The minimum absolute atomic E-state index is 0.000403. The van der Waals surface area contributed by atoms with Gasteiger partial charge in [0.15, 0.2) is 5.75 Å². The highest BCUT2D eigenvalue weighted by molar-refractivity contribution is 9.11. The molecule has 0 fully saturated rings. The number of ether oxygens (including phenoxy) is 1. The highest BCUT2D eigenvalue weighted by Crippen LogP contribution is 2.43. The number of nitro groups is 1. The van der Waals surface area contributed by atoms with E-state index in [0.717, 1.165) is 5.56 Å². The van der Waals surface area contributed by atoms with Gasteiger partial charge < -0.3 is 9.84 Å². The van der Waals surface area contributed by atoms with Gasteiger partial charge in [-0.25, -0.2) is 0 Å². The molecule has 0 radical (unpaired) electrons. The molecule has 21 heavy (non-hydrogen) atoms. The summed E-state index contributed by atoms with van der Waals surface area (Å²) in [5, 5.41) is 20.5. The lowest BCUT2D eigenvalue weighted by atomic mass is 10.1. The number of hydrogen-bond donors (Lipinski definition) is 1. The van der Waals surface area contributed by atoms with Crippen molar-refractivity contribution in [2.45, 2.75) is 13.3 Å². The van der Waals surface area contributed by atoms with E-state index in [2.05, 4.69) is 31.9 Å². The lowest BCUT2D eigenvalue weighted by Gasteiger charge is -2.14. The second kappa shape index (κ2) is 6.44. The van der Waals surface area contributed by atoms with Gasteiger partial charge in [-0.1, -0.05) is 6.92 Å². The molecule has 0 atom stereocenters. The van der Waals surface area contributed by atoms with Crippen LogP contribution in [0.5, 0.6) is 17.2 Å². The first kappa shape index (κ1) is 15.8. The Kier molecular flexibility index (Phi) is 4.84. The number of rotatable bonds is 4. The smallest absolute Gasteiger partial charge is 0.269 e. The number of hydrogen-bond acceptors (Lipinski definition) is 4. The van der Waals surface area contributed by atoms with E-state index in [0.29, 0.717) is 26.9 Å². The Morgan fingerprint density at radius 3 is 2.43 bits per heavy atom. The molecule has 2 rings (SSSR count). The second-order valence-electron chi connectivity index (χ2n) is 4.21. The first-order valence-electron chi connectivity index (χ1n) is 6.06. The third-order valence-electron chi connectivity index (χ3n) is 2.87. The molecular formula is C14H11Br2NO4. The monoisotopic (exact) mass is 415 g/mol. The number of phenols is 1. The summed E-state index contributed by atoms with van der Waals surface area (Å²) in [6, 6.07) is 7.35. The molecule has 0 spiro atoms. The summed E-state index contributed by atoms with van der Waals surface area (Å²) in [7, 11) is 0. The zero-order valence-corrected chi connectivity index (χ0v) is 14.1. The molecule has 5 nitrogen and oxygen atoms in total. The van der Waals surface area contributed by atoms with Crippen molar-refractivity contribution in [2.24, 2.45) is 0 Å². The van der Waals surface area contributed by atoms with Gasteiger partial charge in [-0.2, -0.15) is 0 Å². The average molecular weight is 417 g/mol. The number of nitro benzene ring substituents is 1. The second-order valence-corrected chi connectivity index (χ2v) is 5.85. The molecule has 0 amide bonds. The molecule has 0 aliphatic heterocycles. The minimum Gasteiger partial charge on any atom is -0.508 e. The van der Waals surface area contributed by atoms with Crippen LogP contribution in [0.4, 0.5) is 5.69 Å². The number of halogens is 2. The highest BCUT2D eigenvalue weighted by Gasteiger charge is 2.16. The fraction of sp³-hybridized carbons (Fsp3) is 0.143. The van der Waals surface area contributed by atoms with Crippen molar-refractivity contribution in [1.82, 2.24) is 0 Å². The number of non-ortho nitro benzene ring substituents is 1. The highest BCUT2D eigenvalue weighted by atomic mass is 79.9. The molecule has 0 unspecified atom stereocenters. The van der Waals surface area contributed by atoms with Gasteiger partial charge in [-0.15, -0.1) is 0 Å².